The van der Waals surface area contributed by atoms with Gasteiger partial charge in [0.05, 0.1) is 6.54 Å². The summed E-state index contributed by atoms with van der Waals surface area (Å²) in [5.41, 5.74) is 0.617. The lowest BCUT2D eigenvalue weighted by Crippen LogP contribution is -2.64. The molecule has 7 heteroatoms. The molecule has 2 N–H and O–H groups in total. The molecule has 3 fully saturated rings. The summed E-state index contributed by atoms with van der Waals surface area (Å²) in [5, 5.41) is 6.19. The number of nitrogens with zero attached hydrogens (tertiary/aromatic N) is 1. The SMILES string of the molecule is CC1(NC(=O)CN2CC3(CC(CNC(=O)c4cc(F)cc(Cl)c4)C3)C2)CC1. The van der Waals surface area contributed by atoms with Crippen LogP contribution < -0.4 is 10.6 Å². The van der Waals surface area contributed by atoms with Gasteiger partial charge >= 0.3 is 0 Å². The van der Waals surface area contributed by atoms with Crippen LogP contribution in [0.4, 0.5) is 4.39 Å². The van der Waals surface area contributed by atoms with Gasteiger partial charge in [-0.3, -0.25) is 14.5 Å². The van der Waals surface area contributed by atoms with E-state index in [-0.39, 0.29) is 27.9 Å². The summed E-state index contributed by atoms with van der Waals surface area (Å²) in [6.45, 7) is 5.08. The summed E-state index contributed by atoms with van der Waals surface area (Å²) < 4.78 is 13.3. The highest BCUT2D eigenvalue weighted by atomic mass is 35.5. The second-order valence-corrected chi connectivity index (χ2v) is 9.33. The van der Waals surface area contributed by atoms with Crippen molar-refractivity contribution in [1.82, 2.24) is 15.5 Å². The molecule has 0 unspecified atom stereocenters. The molecule has 3 aliphatic rings. The monoisotopic (exact) mass is 393 g/mol. The van der Waals surface area contributed by atoms with Crippen molar-refractivity contribution in [2.75, 3.05) is 26.2 Å². The number of amides is 2. The average molecular weight is 394 g/mol. The van der Waals surface area contributed by atoms with E-state index in [2.05, 4.69) is 22.5 Å². The number of nitrogens with one attached hydrogen (secondary N) is 2. The number of hydrogen-bond acceptors (Lipinski definition) is 3. The Morgan fingerprint density at radius 3 is 2.59 bits per heavy atom. The van der Waals surface area contributed by atoms with Gasteiger partial charge in [-0.15, -0.1) is 0 Å². The molecular weight excluding hydrogens is 369 g/mol. The standard InChI is InChI=1S/C20H25ClFN3O2/c1-19(2-3-19)24-17(26)10-25-11-20(12-25)7-13(8-20)9-23-18(27)14-4-15(21)6-16(22)5-14/h4-6,13H,2-3,7-12H2,1H3,(H,23,27)(H,24,26). The lowest BCUT2D eigenvalue weighted by molar-refractivity contribution is -0.133. The zero-order valence-electron chi connectivity index (χ0n) is 15.5. The van der Waals surface area contributed by atoms with Crippen molar-refractivity contribution in [3.63, 3.8) is 0 Å². The molecule has 146 valence electrons. The average Bonchev–Trinajstić information content (AvgIpc) is 3.22. The van der Waals surface area contributed by atoms with Crippen molar-refractivity contribution in [3.8, 4) is 0 Å². The van der Waals surface area contributed by atoms with Gasteiger partial charge in [0.15, 0.2) is 0 Å². The van der Waals surface area contributed by atoms with Crippen LogP contribution in [0.1, 0.15) is 43.0 Å². The van der Waals surface area contributed by atoms with Crippen LogP contribution in [-0.2, 0) is 4.79 Å². The fraction of sp³-hybridized carbons (Fsp3) is 0.600. The van der Waals surface area contributed by atoms with E-state index >= 15 is 0 Å². The lowest BCUT2D eigenvalue weighted by atomic mass is 9.57. The highest BCUT2D eigenvalue weighted by molar-refractivity contribution is 6.31. The number of carbonyl (C=O) groups excluding carboxylic acids is 2. The normalized spacial score (nSPS) is 22.6. The van der Waals surface area contributed by atoms with Crippen LogP contribution >= 0.6 is 11.6 Å². The topological polar surface area (TPSA) is 61.4 Å². The molecule has 5 nitrogen and oxygen atoms in total. The van der Waals surface area contributed by atoms with Crippen LogP contribution in [0, 0.1) is 17.2 Å². The van der Waals surface area contributed by atoms with Gasteiger partial charge in [-0.1, -0.05) is 11.6 Å². The van der Waals surface area contributed by atoms with Crippen molar-refractivity contribution in [2.24, 2.45) is 11.3 Å². The Labute approximate surface area is 163 Å². The smallest absolute Gasteiger partial charge is 0.251 e. The van der Waals surface area contributed by atoms with Gasteiger partial charge in [-0.2, -0.15) is 0 Å². The molecule has 1 aromatic rings. The number of benzene rings is 1. The maximum Gasteiger partial charge on any atom is 0.251 e. The third-order valence-corrected chi connectivity index (χ3v) is 6.26. The van der Waals surface area contributed by atoms with Crippen LogP contribution in [0.25, 0.3) is 0 Å². The van der Waals surface area contributed by atoms with Crippen molar-refractivity contribution in [1.29, 1.82) is 0 Å². The molecule has 0 radical (unpaired) electrons. The molecule has 1 spiro atoms. The molecule has 1 aromatic carbocycles. The van der Waals surface area contributed by atoms with Crippen LogP contribution in [0.2, 0.25) is 5.02 Å². The molecule has 2 aliphatic carbocycles. The van der Waals surface area contributed by atoms with Crippen LogP contribution in [-0.4, -0.2) is 48.4 Å². The van der Waals surface area contributed by atoms with E-state index in [1.807, 2.05) is 0 Å². The zero-order chi connectivity index (χ0) is 19.2. The van der Waals surface area contributed by atoms with Gasteiger partial charge in [-0.05, 0) is 62.1 Å². The third-order valence-electron chi connectivity index (χ3n) is 6.05. The van der Waals surface area contributed by atoms with E-state index in [0.717, 1.165) is 38.8 Å². The van der Waals surface area contributed by atoms with E-state index in [4.69, 9.17) is 11.6 Å². The fourth-order valence-electron chi connectivity index (χ4n) is 4.50. The summed E-state index contributed by atoms with van der Waals surface area (Å²) in [6, 6.07) is 3.85. The highest BCUT2D eigenvalue weighted by Crippen LogP contribution is 2.51. The van der Waals surface area contributed by atoms with Crippen molar-refractivity contribution >= 4 is 23.4 Å². The molecule has 1 heterocycles. The quantitative estimate of drug-likeness (QED) is 0.781. The van der Waals surface area contributed by atoms with Gasteiger partial charge in [0.1, 0.15) is 5.82 Å². The first-order valence-electron chi connectivity index (χ1n) is 9.52. The predicted molar refractivity (Wildman–Crippen MR) is 101 cm³/mol. The van der Waals surface area contributed by atoms with Gasteiger partial charge in [-0.25, -0.2) is 4.39 Å². The Balaban J connectivity index is 1.15. The van der Waals surface area contributed by atoms with E-state index in [0.29, 0.717) is 24.4 Å². The Bertz CT molecular complexity index is 746. The largest absolute Gasteiger partial charge is 0.352 e. The summed E-state index contributed by atoms with van der Waals surface area (Å²) in [6.07, 6.45) is 4.29. The number of rotatable bonds is 6. The van der Waals surface area contributed by atoms with E-state index in [9.17, 15) is 14.0 Å². The Kier molecular flexibility index (Phi) is 4.67. The molecule has 1 saturated heterocycles. The van der Waals surface area contributed by atoms with Crippen LogP contribution in [0.15, 0.2) is 18.2 Å². The molecule has 2 amide bonds. The third kappa shape index (κ3) is 4.27. The predicted octanol–water partition coefficient (Wildman–Crippen LogP) is 2.59. The van der Waals surface area contributed by atoms with Gasteiger partial charge < -0.3 is 10.6 Å². The first-order valence-corrected chi connectivity index (χ1v) is 9.90. The molecule has 2 saturated carbocycles. The van der Waals surface area contributed by atoms with Gasteiger partial charge in [0.25, 0.3) is 5.91 Å². The summed E-state index contributed by atoms with van der Waals surface area (Å²) >= 11 is 5.79. The summed E-state index contributed by atoms with van der Waals surface area (Å²) in [4.78, 5) is 26.3. The van der Waals surface area contributed by atoms with Gasteiger partial charge in [0, 0.05) is 35.8 Å². The first kappa shape index (κ1) is 18.7. The Morgan fingerprint density at radius 2 is 1.96 bits per heavy atom. The minimum Gasteiger partial charge on any atom is -0.352 e. The van der Waals surface area contributed by atoms with E-state index < -0.39 is 5.82 Å². The number of likely N-dealkylation sites (tertiary alicyclic amines) is 1. The maximum atomic E-state index is 13.3. The molecule has 4 rings (SSSR count). The molecular formula is C20H25ClFN3O2. The van der Waals surface area contributed by atoms with E-state index in [1.165, 1.54) is 18.2 Å². The van der Waals surface area contributed by atoms with Crippen molar-refractivity contribution < 1.29 is 14.0 Å². The first-order chi connectivity index (χ1) is 12.7. The van der Waals surface area contributed by atoms with Crippen molar-refractivity contribution in [2.45, 2.75) is 38.1 Å². The molecule has 1 aliphatic heterocycles. The summed E-state index contributed by atoms with van der Waals surface area (Å²) in [5.74, 6) is -0.233. The minimum absolute atomic E-state index is 0.0469. The summed E-state index contributed by atoms with van der Waals surface area (Å²) in [7, 11) is 0. The zero-order valence-corrected chi connectivity index (χ0v) is 16.2. The second kappa shape index (κ2) is 6.74. The molecule has 0 bridgehead atoms. The Morgan fingerprint density at radius 1 is 1.26 bits per heavy atom. The number of halogens is 2. The highest BCUT2D eigenvalue weighted by Gasteiger charge is 2.52. The minimum atomic E-state index is -0.510. The fourth-order valence-corrected chi connectivity index (χ4v) is 4.72. The van der Waals surface area contributed by atoms with Crippen LogP contribution in [0.3, 0.4) is 0 Å². The van der Waals surface area contributed by atoms with Crippen LogP contribution in [0.5, 0.6) is 0 Å². The van der Waals surface area contributed by atoms with Gasteiger partial charge in [0.2, 0.25) is 5.91 Å². The maximum absolute atomic E-state index is 13.3. The number of hydrogen-bond donors (Lipinski definition) is 2. The second-order valence-electron chi connectivity index (χ2n) is 8.90. The molecule has 27 heavy (non-hydrogen) atoms. The van der Waals surface area contributed by atoms with E-state index in [1.54, 1.807) is 0 Å². The Hall–Kier alpha value is -1.66. The van der Waals surface area contributed by atoms with Crippen molar-refractivity contribution in [3.05, 3.63) is 34.6 Å². The molecule has 0 aromatic heterocycles. The number of carbonyl (C=O) groups is 2. The lowest BCUT2D eigenvalue weighted by Gasteiger charge is -2.59. The molecule has 0 atom stereocenters.